The summed E-state index contributed by atoms with van der Waals surface area (Å²) >= 11 is 0. The van der Waals surface area contributed by atoms with E-state index in [0.29, 0.717) is 12.8 Å². The first-order valence-electron chi connectivity index (χ1n) is 4.39. The average molecular weight is 224 g/mol. The Balaban J connectivity index is 4.73. The highest BCUT2D eigenvalue weighted by atomic mass is 31.2. The van der Waals surface area contributed by atoms with E-state index in [4.69, 9.17) is 9.79 Å². The number of esters is 1. The molecule has 0 bridgehead atoms. The van der Waals surface area contributed by atoms with Crippen LogP contribution in [0.2, 0.25) is 0 Å². The lowest BCUT2D eigenvalue weighted by molar-refractivity contribution is -0.141. The molecule has 84 valence electrons. The van der Waals surface area contributed by atoms with Crippen LogP contribution < -0.4 is 0 Å². The Kier molecular flexibility index (Phi) is 4.78. The SMILES string of the molecule is CCCC(C)(CC(=O)OC)P(=O)(O)O. The van der Waals surface area contributed by atoms with Gasteiger partial charge in [0.05, 0.1) is 18.7 Å². The Labute approximate surface area is 83.6 Å². The van der Waals surface area contributed by atoms with Crippen molar-refractivity contribution in [2.24, 2.45) is 0 Å². The van der Waals surface area contributed by atoms with Crippen molar-refractivity contribution in [3.05, 3.63) is 0 Å². The van der Waals surface area contributed by atoms with E-state index < -0.39 is 18.7 Å². The van der Waals surface area contributed by atoms with Crippen molar-refractivity contribution < 1.29 is 23.9 Å². The summed E-state index contributed by atoms with van der Waals surface area (Å²) in [6.45, 7) is 3.22. The van der Waals surface area contributed by atoms with Gasteiger partial charge in [-0.3, -0.25) is 9.36 Å². The zero-order valence-corrected chi connectivity index (χ0v) is 9.58. The van der Waals surface area contributed by atoms with E-state index in [1.165, 1.54) is 14.0 Å². The fourth-order valence-electron chi connectivity index (χ4n) is 1.26. The molecule has 0 radical (unpaired) electrons. The van der Waals surface area contributed by atoms with Crippen molar-refractivity contribution in [1.82, 2.24) is 0 Å². The maximum absolute atomic E-state index is 11.2. The summed E-state index contributed by atoms with van der Waals surface area (Å²) in [6, 6.07) is 0. The zero-order valence-electron chi connectivity index (χ0n) is 8.69. The van der Waals surface area contributed by atoms with E-state index in [1.807, 2.05) is 6.92 Å². The van der Waals surface area contributed by atoms with Crippen LogP contribution in [-0.2, 0) is 14.1 Å². The summed E-state index contributed by atoms with van der Waals surface area (Å²) in [5.41, 5.74) is 0. The highest BCUT2D eigenvalue weighted by Crippen LogP contribution is 2.54. The van der Waals surface area contributed by atoms with Crippen LogP contribution in [0.3, 0.4) is 0 Å². The average Bonchev–Trinajstić information content (AvgIpc) is 2.02. The van der Waals surface area contributed by atoms with E-state index in [2.05, 4.69) is 4.74 Å². The molecule has 0 aromatic carbocycles. The van der Waals surface area contributed by atoms with Crippen molar-refractivity contribution in [2.45, 2.75) is 38.3 Å². The second-order valence-corrected chi connectivity index (χ2v) is 5.71. The smallest absolute Gasteiger partial charge is 0.331 e. The van der Waals surface area contributed by atoms with E-state index in [-0.39, 0.29) is 6.42 Å². The summed E-state index contributed by atoms with van der Waals surface area (Å²) in [7, 11) is -3.07. The summed E-state index contributed by atoms with van der Waals surface area (Å²) in [6.07, 6.45) is 0.659. The Morgan fingerprint density at radius 2 is 2.00 bits per heavy atom. The van der Waals surface area contributed by atoms with Crippen LogP contribution in [-0.4, -0.2) is 28.0 Å². The predicted molar refractivity (Wildman–Crippen MR) is 52.0 cm³/mol. The topological polar surface area (TPSA) is 83.8 Å². The molecule has 5 nitrogen and oxygen atoms in total. The normalized spacial score (nSPS) is 16.1. The molecule has 0 aromatic heterocycles. The Morgan fingerprint density at radius 3 is 2.29 bits per heavy atom. The molecule has 6 heteroatoms. The number of carbonyl (C=O) groups is 1. The lowest BCUT2D eigenvalue weighted by atomic mass is 10.0. The molecule has 1 unspecified atom stereocenters. The Morgan fingerprint density at radius 1 is 1.50 bits per heavy atom. The highest BCUT2D eigenvalue weighted by molar-refractivity contribution is 7.53. The van der Waals surface area contributed by atoms with Crippen LogP contribution in [0.15, 0.2) is 0 Å². The van der Waals surface area contributed by atoms with Gasteiger partial charge in [-0.05, 0) is 13.3 Å². The minimum absolute atomic E-state index is 0.248. The minimum atomic E-state index is -4.27. The second kappa shape index (κ2) is 4.91. The van der Waals surface area contributed by atoms with E-state index >= 15 is 0 Å². The summed E-state index contributed by atoms with van der Waals surface area (Å²) in [4.78, 5) is 29.2. The third-order valence-corrected chi connectivity index (χ3v) is 4.03. The maximum atomic E-state index is 11.2. The Bertz CT molecular complexity index is 246. The molecule has 0 fully saturated rings. The van der Waals surface area contributed by atoms with E-state index in [1.54, 1.807) is 0 Å². The quantitative estimate of drug-likeness (QED) is 0.543. The largest absolute Gasteiger partial charge is 0.469 e. The molecule has 0 saturated heterocycles. The molecule has 0 spiro atoms. The molecule has 0 aromatic rings. The van der Waals surface area contributed by atoms with Gasteiger partial charge in [-0.15, -0.1) is 0 Å². The van der Waals surface area contributed by atoms with Crippen molar-refractivity contribution >= 4 is 13.6 Å². The van der Waals surface area contributed by atoms with Crippen LogP contribution >= 0.6 is 7.60 Å². The van der Waals surface area contributed by atoms with Crippen LogP contribution in [0.4, 0.5) is 0 Å². The maximum Gasteiger partial charge on any atom is 0.331 e. The standard InChI is InChI=1S/C8H17O5P/c1-4-5-8(2,14(10,11)12)6-7(9)13-3/h4-6H2,1-3H3,(H2,10,11,12). The van der Waals surface area contributed by atoms with E-state index in [9.17, 15) is 9.36 Å². The zero-order chi connectivity index (χ0) is 11.4. The summed E-state index contributed by atoms with van der Waals surface area (Å²) < 4.78 is 15.6. The van der Waals surface area contributed by atoms with Gasteiger partial charge in [0.15, 0.2) is 0 Å². The third kappa shape index (κ3) is 3.40. The number of rotatable bonds is 5. The molecular formula is C8H17O5P. The van der Waals surface area contributed by atoms with Crippen molar-refractivity contribution in [1.29, 1.82) is 0 Å². The van der Waals surface area contributed by atoms with Gasteiger partial charge in [0.1, 0.15) is 0 Å². The summed E-state index contributed by atoms with van der Waals surface area (Å²) in [5, 5.41) is -1.30. The molecule has 1 atom stereocenters. The molecule has 0 heterocycles. The molecule has 0 aliphatic heterocycles. The number of ether oxygens (including phenoxy) is 1. The van der Waals surface area contributed by atoms with Gasteiger partial charge >= 0.3 is 13.6 Å². The van der Waals surface area contributed by atoms with Crippen molar-refractivity contribution in [2.75, 3.05) is 7.11 Å². The van der Waals surface area contributed by atoms with Gasteiger partial charge in [0, 0.05) is 0 Å². The first-order chi connectivity index (χ1) is 6.27. The van der Waals surface area contributed by atoms with Gasteiger partial charge in [0.25, 0.3) is 0 Å². The fourth-order valence-corrected chi connectivity index (χ4v) is 2.11. The Hall–Kier alpha value is -0.380. The van der Waals surface area contributed by atoms with Gasteiger partial charge in [0.2, 0.25) is 0 Å². The number of methoxy groups -OCH3 is 1. The van der Waals surface area contributed by atoms with Crippen LogP contribution in [0.25, 0.3) is 0 Å². The van der Waals surface area contributed by atoms with Gasteiger partial charge < -0.3 is 14.5 Å². The second-order valence-electron chi connectivity index (χ2n) is 3.54. The minimum Gasteiger partial charge on any atom is -0.469 e. The lowest BCUT2D eigenvalue weighted by Gasteiger charge is -2.28. The number of hydrogen-bond donors (Lipinski definition) is 2. The number of carbonyl (C=O) groups excluding carboxylic acids is 1. The van der Waals surface area contributed by atoms with Crippen LogP contribution in [0.5, 0.6) is 0 Å². The molecule has 14 heavy (non-hydrogen) atoms. The monoisotopic (exact) mass is 224 g/mol. The first kappa shape index (κ1) is 13.6. The highest BCUT2D eigenvalue weighted by Gasteiger charge is 2.43. The van der Waals surface area contributed by atoms with Gasteiger partial charge in [-0.1, -0.05) is 13.3 Å². The van der Waals surface area contributed by atoms with Crippen LogP contribution in [0.1, 0.15) is 33.1 Å². The van der Waals surface area contributed by atoms with Gasteiger partial charge in [-0.2, -0.15) is 0 Å². The molecule has 0 aliphatic rings. The third-order valence-electron chi connectivity index (χ3n) is 2.24. The predicted octanol–water partition coefficient (Wildman–Crippen LogP) is 1.29. The number of hydrogen-bond acceptors (Lipinski definition) is 3. The van der Waals surface area contributed by atoms with Gasteiger partial charge in [-0.25, -0.2) is 0 Å². The molecule has 2 N–H and O–H groups in total. The van der Waals surface area contributed by atoms with Crippen molar-refractivity contribution in [3.8, 4) is 0 Å². The van der Waals surface area contributed by atoms with Crippen molar-refractivity contribution in [3.63, 3.8) is 0 Å². The lowest BCUT2D eigenvalue weighted by Crippen LogP contribution is -2.28. The fraction of sp³-hybridized carbons (Fsp3) is 0.875. The van der Waals surface area contributed by atoms with Crippen LogP contribution in [0, 0.1) is 0 Å². The molecule has 0 rings (SSSR count). The molecule has 0 aliphatic carbocycles. The summed E-state index contributed by atoms with van der Waals surface area (Å²) in [5.74, 6) is -0.593. The molecule has 0 amide bonds. The van der Waals surface area contributed by atoms with E-state index in [0.717, 1.165) is 0 Å². The first-order valence-corrected chi connectivity index (χ1v) is 6.00. The molecule has 0 saturated carbocycles. The molecular weight excluding hydrogens is 207 g/mol.